The zero-order valence-corrected chi connectivity index (χ0v) is 63.8. The van der Waals surface area contributed by atoms with Crippen molar-refractivity contribution in [2.75, 3.05) is 136 Å². The van der Waals surface area contributed by atoms with Gasteiger partial charge in [0.15, 0.2) is 17.0 Å². The predicted octanol–water partition coefficient (Wildman–Crippen LogP) is 14.4. The number of methoxy groups -OCH3 is 4. The van der Waals surface area contributed by atoms with E-state index in [-0.39, 0.29) is 77.7 Å². The number of nitrogen functional groups attached to an aromatic ring is 2. The van der Waals surface area contributed by atoms with E-state index in [1.807, 2.05) is 72.8 Å². The molecule has 9 N–H and O–H groups in total. The standard InChI is InChI=1S/C13H12ClN5O2.C13H13ClN4O4.C13H15ClN4O2.C9H13NO2.C6H11NO2.C6H15N.C4HCl2N3O2.C4H8O.3CH4/c1-20-6-7-21-10-4-2-9(3-5-10)19-12-11(17-18-19)8-15-13(14)16-12;1-21-6-7-22-10-4-2-9(3-5-10)16-12-11(18(19)20)8-15-13(14)17-12;1-19-6-7-20-10-4-2-9(3-5-10)17-12-11(15)8-16-13(14)18-12;1-11-6-7-12-9-4-2-8(10)3-5-9;7-5-2-1-4(3-5)6(8)9;1-4-7(5-2)6-3;5-3-2(9(10)11)1-7-4(6)8-3;1-2-4-5-3-1;;;/h2-5,8H,6-7H2,1H3;2-5,8H,6-7H2,1H3,(H,15,16,17);2-5,8H,6-7,15H2,1H3,(H,16,17,18);2-5H,6-7,10H2,1H3;4-5H,1-3,7H2,(H,8,9);4-6H2,1-3H3;1H;1-4H2;3*1H4/t;;;;4-,5-;;;;;;/m....1....../s1. The fourth-order valence-electron chi connectivity index (χ4n) is 8.57. The molecule has 39 heteroatoms. The maximum absolute atomic E-state index is 10.9. The van der Waals surface area contributed by atoms with Crippen LogP contribution in [-0.4, -0.2) is 201 Å². The van der Waals surface area contributed by atoms with Crippen LogP contribution in [0, 0.1) is 26.1 Å². The van der Waals surface area contributed by atoms with Crippen molar-refractivity contribution < 1.29 is 62.4 Å². The van der Waals surface area contributed by atoms with Gasteiger partial charge in [-0.2, -0.15) is 24.6 Å². The largest absolute Gasteiger partial charge is 0.491 e. The monoisotopic (exact) mass is 1630 g/mol. The lowest BCUT2D eigenvalue weighted by Crippen LogP contribution is -2.21. The molecule has 1 saturated heterocycles. The van der Waals surface area contributed by atoms with Crippen molar-refractivity contribution in [3.05, 3.63) is 168 Å². The van der Waals surface area contributed by atoms with Crippen LogP contribution < -0.4 is 46.8 Å². The van der Waals surface area contributed by atoms with Crippen LogP contribution in [0.15, 0.2) is 122 Å². The van der Waals surface area contributed by atoms with E-state index in [0.29, 0.717) is 93.4 Å². The van der Waals surface area contributed by atoms with Crippen LogP contribution in [0.25, 0.3) is 16.9 Å². The third-order valence-corrected chi connectivity index (χ3v) is 15.2. The predicted molar refractivity (Wildman–Crippen MR) is 430 cm³/mol. The molecule has 9 aromatic rings. The molecule has 5 aromatic heterocycles. The van der Waals surface area contributed by atoms with Crippen molar-refractivity contribution in [2.45, 2.75) is 81.2 Å². The summed E-state index contributed by atoms with van der Waals surface area (Å²) in [7, 11) is 6.51. The number of aliphatic carboxylic acids is 1. The van der Waals surface area contributed by atoms with Gasteiger partial charge in [-0.3, -0.25) is 25.0 Å². The van der Waals surface area contributed by atoms with Gasteiger partial charge < -0.3 is 80.5 Å². The zero-order valence-electron chi connectivity index (χ0n) is 60.0. The number of halogens is 5. The maximum atomic E-state index is 10.9. The lowest BCUT2D eigenvalue weighted by atomic mass is 10.1. The molecule has 6 heterocycles. The summed E-state index contributed by atoms with van der Waals surface area (Å²) in [4.78, 5) is 62.5. The van der Waals surface area contributed by atoms with E-state index in [0.717, 1.165) is 72.8 Å². The molecule has 1 saturated carbocycles. The Hall–Kier alpha value is -9.56. The minimum Gasteiger partial charge on any atom is -0.491 e. The molecule has 0 spiro atoms. The zero-order chi connectivity index (χ0) is 78.3. The van der Waals surface area contributed by atoms with E-state index in [1.165, 1.54) is 44.9 Å². The molecule has 11 rings (SSSR count). The first-order chi connectivity index (χ1) is 51.5. The second-order valence-corrected chi connectivity index (χ2v) is 23.5. The van der Waals surface area contributed by atoms with Gasteiger partial charge in [-0.25, -0.2) is 19.9 Å². The number of nitrogens with one attached hydrogen (secondary N) is 2. The smallest absolute Gasteiger partial charge is 0.329 e. The lowest BCUT2D eigenvalue weighted by Gasteiger charge is -2.13. The SMILES string of the molecule is C.C.C.C1CCOC1.CCN(CC)CC.COCCOc1ccc(-n2nnc3cnc(Cl)nc32)cc1.COCCOc1ccc(N)cc1.COCCOc1ccc(Nc2nc(Cl)ncc2N)cc1.COCCOc1ccc(Nc2nc(Cl)ncc2[N+](=O)[O-])cc1.N[C@@H]1CC[C@@H](C(=O)O)C1.O=[N+]([O-])c1cnc(Cl)nc1Cl. The first kappa shape index (κ1) is 98.4. The molecule has 1 aliphatic heterocycles. The Morgan fingerprint density at radius 1 is 0.564 bits per heavy atom. The highest BCUT2D eigenvalue weighted by Crippen LogP contribution is 2.29. The lowest BCUT2D eigenvalue weighted by molar-refractivity contribution is -0.385. The van der Waals surface area contributed by atoms with Crippen LogP contribution in [0.5, 0.6) is 23.0 Å². The molecule has 2 fully saturated rings. The van der Waals surface area contributed by atoms with Crippen LogP contribution >= 0.6 is 58.0 Å². The number of fused-ring (bicyclic) bond motifs is 1. The van der Waals surface area contributed by atoms with Crippen molar-refractivity contribution in [2.24, 2.45) is 11.7 Å². The number of nitrogens with two attached hydrogens (primary N) is 3. The number of carboxylic acids is 1. The number of benzene rings is 4. The van der Waals surface area contributed by atoms with Gasteiger partial charge in [0.05, 0.1) is 66.0 Å². The number of nitro groups is 2. The molecule has 2 atom stereocenters. The summed E-state index contributed by atoms with van der Waals surface area (Å²) in [5.41, 5.74) is 20.7. The van der Waals surface area contributed by atoms with Crippen LogP contribution in [-0.2, 0) is 28.5 Å². The molecule has 34 nitrogen and oxygen atoms in total. The van der Waals surface area contributed by atoms with Crippen molar-refractivity contribution in [3.8, 4) is 28.7 Å². The van der Waals surface area contributed by atoms with Crippen molar-refractivity contribution >= 4 is 121 Å². The van der Waals surface area contributed by atoms with E-state index in [2.05, 4.69) is 86.5 Å². The van der Waals surface area contributed by atoms with E-state index >= 15 is 0 Å². The number of rotatable bonds is 27. The molecule has 0 unspecified atom stereocenters. The third-order valence-electron chi connectivity index (χ3n) is 14.2. The molecule has 0 bridgehead atoms. The number of hydrogen-bond acceptors (Lipinski definition) is 30. The van der Waals surface area contributed by atoms with Gasteiger partial charge in [0.25, 0.3) is 0 Å². The second-order valence-electron chi connectivity index (χ2n) is 21.8. The maximum Gasteiger partial charge on any atom is 0.329 e. The highest BCUT2D eigenvalue weighted by atomic mass is 35.5. The normalized spacial score (nSPS) is 12.6. The van der Waals surface area contributed by atoms with Gasteiger partial charge in [-0.05, 0) is 195 Å². The molecular weight excluding hydrogens is 1540 g/mol. The van der Waals surface area contributed by atoms with E-state index in [4.69, 9.17) is 123 Å². The van der Waals surface area contributed by atoms with Crippen molar-refractivity contribution in [1.29, 1.82) is 0 Å². The van der Waals surface area contributed by atoms with E-state index in [1.54, 1.807) is 57.4 Å². The fourth-order valence-corrected chi connectivity index (χ4v) is 9.34. The fraction of sp³-hybridized carbons (Fsp3) is 0.423. The first-order valence-corrected chi connectivity index (χ1v) is 34.9. The number of aromatic nitrogens is 11. The van der Waals surface area contributed by atoms with Gasteiger partial charge in [0, 0.05) is 64.8 Å². The summed E-state index contributed by atoms with van der Waals surface area (Å²) in [6.45, 7) is 16.3. The summed E-state index contributed by atoms with van der Waals surface area (Å²) in [6.07, 6.45) is 9.86. The number of carbonyl (C=O) groups is 1. The Balaban J connectivity index is 0.000000650. The average molecular weight is 1640 g/mol. The quantitative estimate of drug-likeness (QED) is 0.00695. The first-order valence-electron chi connectivity index (χ1n) is 33.0. The number of nitrogens with zero attached hydrogens (tertiary/aromatic N) is 14. The van der Waals surface area contributed by atoms with Crippen LogP contribution in [0.2, 0.25) is 26.3 Å². The van der Waals surface area contributed by atoms with Crippen LogP contribution in [0.3, 0.4) is 0 Å². The minimum absolute atomic E-state index is 0. The van der Waals surface area contributed by atoms with Crippen LogP contribution in [0.4, 0.5) is 45.8 Å². The second kappa shape index (κ2) is 56.6. The topological polar surface area (TPSA) is 446 Å². The summed E-state index contributed by atoms with van der Waals surface area (Å²) >= 11 is 27.8. The van der Waals surface area contributed by atoms with Gasteiger partial charge in [0.1, 0.15) is 61.8 Å². The Morgan fingerprint density at radius 2 is 0.964 bits per heavy atom. The van der Waals surface area contributed by atoms with Gasteiger partial charge >= 0.3 is 17.3 Å². The molecule has 1 aliphatic carbocycles. The summed E-state index contributed by atoms with van der Waals surface area (Å²) in [5, 5.41) is 43.4. The Labute approximate surface area is 665 Å². The minimum atomic E-state index is -0.692. The number of hydrogen-bond donors (Lipinski definition) is 6. The summed E-state index contributed by atoms with van der Waals surface area (Å²) < 4.78 is 47.8. The molecule has 0 radical (unpaired) electrons. The third kappa shape index (κ3) is 38.7. The Bertz CT molecular complexity index is 4010. The molecule has 4 aromatic carbocycles. The number of anilines is 6. The molecule has 0 amide bonds. The average Bonchev–Trinajstić information content (AvgIpc) is 1.64. The number of carboxylic acid groups (broad SMARTS) is 1. The highest BCUT2D eigenvalue weighted by molar-refractivity contribution is 6.33. The van der Waals surface area contributed by atoms with E-state index in [9.17, 15) is 25.0 Å². The van der Waals surface area contributed by atoms with Crippen molar-refractivity contribution in [1.82, 2.24) is 59.8 Å². The Morgan fingerprint density at radius 3 is 1.35 bits per heavy atom. The molecule has 2 aliphatic rings. The molecule has 604 valence electrons. The van der Waals surface area contributed by atoms with E-state index < -0.39 is 15.8 Å². The Kier molecular flexibility index (Phi) is 50.7. The molecular formula is C71H100Cl5N19O15. The number of ether oxygens (including phenoxy) is 9. The summed E-state index contributed by atoms with van der Waals surface area (Å²) in [5.74, 6) is 2.65. The van der Waals surface area contributed by atoms with Crippen molar-refractivity contribution in [3.63, 3.8) is 0 Å². The highest BCUT2D eigenvalue weighted by Gasteiger charge is 2.27. The summed E-state index contributed by atoms with van der Waals surface area (Å²) in [6, 6.07) is 29.1. The van der Waals surface area contributed by atoms with Crippen LogP contribution in [0.1, 0.15) is 75.2 Å². The van der Waals surface area contributed by atoms with Gasteiger partial charge in [-0.1, -0.05) is 59.9 Å². The molecule has 110 heavy (non-hydrogen) atoms. The van der Waals surface area contributed by atoms with Gasteiger partial charge in [0.2, 0.25) is 32.1 Å². The van der Waals surface area contributed by atoms with Gasteiger partial charge in [-0.15, -0.1) is 5.10 Å².